The lowest BCUT2D eigenvalue weighted by molar-refractivity contribution is -0.138. The molecule has 2 aromatic carbocycles. The fourth-order valence-corrected chi connectivity index (χ4v) is 3.29. The van der Waals surface area contributed by atoms with Gasteiger partial charge in [-0.2, -0.15) is 0 Å². The van der Waals surface area contributed by atoms with Crippen LogP contribution < -0.4 is 5.32 Å². The topological polar surface area (TPSA) is 136 Å². The molecular formula is C24H30N2O7. The normalized spacial score (nSPS) is 11.4. The van der Waals surface area contributed by atoms with Gasteiger partial charge in [-0.1, -0.05) is 49.4 Å². The second kappa shape index (κ2) is 12.9. The van der Waals surface area contributed by atoms with Gasteiger partial charge in [0.1, 0.15) is 12.6 Å². The lowest BCUT2D eigenvalue weighted by atomic mass is 10.1. The van der Waals surface area contributed by atoms with Gasteiger partial charge in [-0.3, -0.25) is 9.59 Å². The van der Waals surface area contributed by atoms with E-state index in [9.17, 15) is 24.6 Å². The zero-order valence-corrected chi connectivity index (χ0v) is 18.6. The molecule has 2 rings (SSSR count). The molecule has 0 fully saturated rings. The van der Waals surface area contributed by atoms with E-state index < -0.39 is 24.0 Å². The number of carboxylic acid groups (broad SMARTS) is 1. The number of carbonyl (C=O) groups is 3. The van der Waals surface area contributed by atoms with Crippen LogP contribution >= 0.6 is 0 Å². The summed E-state index contributed by atoms with van der Waals surface area (Å²) in [6.07, 6.45) is -0.294. The van der Waals surface area contributed by atoms with Crippen LogP contribution in [0.4, 0.5) is 4.79 Å². The van der Waals surface area contributed by atoms with Crippen molar-refractivity contribution in [1.29, 1.82) is 0 Å². The van der Waals surface area contributed by atoms with Crippen LogP contribution in [0.25, 0.3) is 0 Å². The van der Waals surface area contributed by atoms with Crippen LogP contribution in [0.3, 0.4) is 0 Å². The number of nitrogens with zero attached hydrogens (tertiary/aromatic N) is 1. The minimum Gasteiger partial charge on any atom is -0.504 e. The number of aliphatic carboxylic acids is 1. The van der Waals surface area contributed by atoms with E-state index in [4.69, 9.17) is 9.84 Å². The van der Waals surface area contributed by atoms with Crippen molar-refractivity contribution in [3.63, 3.8) is 0 Å². The molecule has 4 N–H and O–H groups in total. The molecule has 0 aliphatic rings. The van der Waals surface area contributed by atoms with Gasteiger partial charge in [-0.25, -0.2) is 4.79 Å². The summed E-state index contributed by atoms with van der Waals surface area (Å²) < 4.78 is 5.18. The Balaban J connectivity index is 2.06. The van der Waals surface area contributed by atoms with E-state index in [1.54, 1.807) is 24.3 Å². The summed E-state index contributed by atoms with van der Waals surface area (Å²) >= 11 is 0. The van der Waals surface area contributed by atoms with E-state index in [2.05, 4.69) is 5.32 Å². The highest BCUT2D eigenvalue weighted by Crippen LogP contribution is 2.28. The molecule has 33 heavy (non-hydrogen) atoms. The van der Waals surface area contributed by atoms with Gasteiger partial charge in [-0.15, -0.1) is 0 Å². The van der Waals surface area contributed by atoms with Gasteiger partial charge in [0, 0.05) is 19.5 Å². The van der Waals surface area contributed by atoms with Gasteiger partial charge in [0.05, 0.1) is 0 Å². The molecule has 0 bridgehead atoms. The molecular weight excluding hydrogens is 428 g/mol. The number of amides is 2. The van der Waals surface area contributed by atoms with Crippen molar-refractivity contribution < 1.29 is 34.4 Å². The number of para-hydroxylation sites is 1. The molecule has 0 spiro atoms. The van der Waals surface area contributed by atoms with E-state index >= 15 is 0 Å². The highest BCUT2D eigenvalue weighted by atomic mass is 16.5. The Labute approximate surface area is 192 Å². The van der Waals surface area contributed by atoms with Crippen LogP contribution in [0.1, 0.15) is 37.3 Å². The molecule has 0 heterocycles. The maximum absolute atomic E-state index is 13.2. The number of aromatic hydroxyl groups is 2. The van der Waals surface area contributed by atoms with Crippen LogP contribution in [0, 0.1) is 0 Å². The number of phenolic OH excluding ortho intramolecular Hbond substituents is 2. The lowest BCUT2D eigenvalue weighted by Crippen LogP contribution is -2.49. The number of hydrogen-bond donors (Lipinski definition) is 4. The Hall–Kier alpha value is -3.75. The summed E-state index contributed by atoms with van der Waals surface area (Å²) in [5.74, 6) is -2.01. The molecule has 0 aromatic heterocycles. The lowest BCUT2D eigenvalue weighted by Gasteiger charge is -2.27. The average molecular weight is 459 g/mol. The number of nitrogens with one attached hydrogen (secondary N) is 1. The Bertz CT molecular complexity index is 934. The van der Waals surface area contributed by atoms with Gasteiger partial charge in [-0.05, 0) is 36.5 Å². The van der Waals surface area contributed by atoms with Crippen molar-refractivity contribution in [3.8, 4) is 11.5 Å². The van der Waals surface area contributed by atoms with Crippen molar-refractivity contribution in [2.45, 2.75) is 45.3 Å². The quantitative estimate of drug-likeness (QED) is 0.359. The largest absolute Gasteiger partial charge is 0.504 e. The monoisotopic (exact) mass is 458 g/mol. The first-order chi connectivity index (χ1) is 15.8. The summed E-state index contributed by atoms with van der Waals surface area (Å²) in [7, 11) is 0. The number of carbonyl (C=O) groups excluding carboxylic acids is 2. The van der Waals surface area contributed by atoms with Gasteiger partial charge in [0.15, 0.2) is 11.5 Å². The average Bonchev–Trinajstić information content (AvgIpc) is 2.80. The second-order valence-corrected chi connectivity index (χ2v) is 7.55. The summed E-state index contributed by atoms with van der Waals surface area (Å²) in [4.78, 5) is 38.1. The van der Waals surface area contributed by atoms with Crippen molar-refractivity contribution in [2.75, 3.05) is 13.1 Å². The maximum Gasteiger partial charge on any atom is 0.408 e. The van der Waals surface area contributed by atoms with E-state index in [0.717, 1.165) is 5.56 Å². The minimum atomic E-state index is -1.08. The van der Waals surface area contributed by atoms with Crippen molar-refractivity contribution in [3.05, 3.63) is 59.7 Å². The molecule has 178 valence electrons. The standard InChI is InChI=1S/C24H30N2O7/c1-2-14-26(15-13-18-9-6-10-20(27)22(18)30)23(31)19(11-12-21(28)29)25-24(32)33-16-17-7-4-3-5-8-17/h3-10,19,27,30H,2,11-16H2,1H3,(H,25,32)(H,28,29)/t19-/m0/s1. The fourth-order valence-electron chi connectivity index (χ4n) is 3.29. The first-order valence-electron chi connectivity index (χ1n) is 10.8. The highest BCUT2D eigenvalue weighted by Gasteiger charge is 2.27. The number of alkyl carbamates (subject to hydrolysis) is 1. The summed E-state index contributed by atoms with van der Waals surface area (Å²) in [5.41, 5.74) is 1.25. The molecule has 0 radical (unpaired) electrons. The number of benzene rings is 2. The third-order valence-corrected chi connectivity index (χ3v) is 5.00. The Morgan fingerprint density at radius 2 is 1.76 bits per heavy atom. The number of ether oxygens (including phenoxy) is 1. The predicted molar refractivity (Wildman–Crippen MR) is 121 cm³/mol. The maximum atomic E-state index is 13.2. The third kappa shape index (κ3) is 8.36. The van der Waals surface area contributed by atoms with E-state index in [-0.39, 0.29) is 43.9 Å². The smallest absolute Gasteiger partial charge is 0.408 e. The molecule has 1 atom stereocenters. The van der Waals surface area contributed by atoms with Crippen LogP contribution in [-0.2, 0) is 27.4 Å². The third-order valence-electron chi connectivity index (χ3n) is 5.00. The number of hydrogen-bond acceptors (Lipinski definition) is 6. The van der Waals surface area contributed by atoms with Crippen LogP contribution in [0.5, 0.6) is 11.5 Å². The highest BCUT2D eigenvalue weighted by molar-refractivity contribution is 5.86. The van der Waals surface area contributed by atoms with Crippen molar-refractivity contribution in [2.24, 2.45) is 0 Å². The van der Waals surface area contributed by atoms with Gasteiger partial charge >= 0.3 is 12.1 Å². The Kier molecular flexibility index (Phi) is 10.0. The SMILES string of the molecule is CCCN(CCc1cccc(O)c1O)C(=O)[C@H](CCC(=O)O)NC(=O)OCc1ccccc1. The number of phenols is 2. The number of rotatable bonds is 12. The van der Waals surface area contributed by atoms with Crippen molar-refractivity contribution >= 4 is 18.0 Å². The van der Waals surface area contributed by atoms with Gasteiger partial charge in [0.25, 0.3) is 0 Å². The van der Waals surface area contributed by atoms with Crippen molar-refractivity contribution in [1.82, 2.24) is 10.2 Å². The zero-order chi connectivity index (χ0) is 24.2. The first-order valence-corrected chi connectivity index (χ1v) is 10.8. The van der Waals surface area contributed by atoms with Gasteiger partial charge in [0.2, 0.25) is 5.91 Å². The molecule has 0 saturated heterocycles. The zero-order valence-electron chi connectivity index (χ0n) is 18.6. The van der Waals surface area contributed by atoms with Gasteiger partial charge < -0.3 is 30.3 Å². The number of carboxylic acids is 1. The van der Waals surface area contributed by atoms with Crippen LogP contribution in [0.15, 0.2) is 48.5 Å². The molecule has 9 heteroatoms. The summed E-state index contributed by atoms with van der Waals surface area (Å²) in [6.45, 7) is 2.50. The fraction of sp³-hybridized carbons (Fsp3) is 0.375. The van der Waals surface area contributed by atoms with Crippen LogP contribution in [-0.4, -0.2) is 57.3 Å². The van der Waals surface area contributed by atoms with Crippen LogP contribution in [0.2, 0.25) is 0 Å². The van der Waals surface area contributed by atoms with E-state index in [1.807, 2.05) is 25.1 Å². The summed E-state index contributed by atoms with van der Waals surface area (Å²) in [5, 5.41) is 31.2. The minimum absolute atomic E-state index is 0.0158. The summed E-state index contributed by atoms with van der Waals surface area (Å²) in [6, 6.07) is 12.6. The Morgan fingerprint density at radius 3 is 2.42 bits per heavy atom. The molecule has 2 aromatic rings. The molecule has 2 amide bonds. The molecule has 0 aliphatic carbocycles. The molecule has 0 aliphatic heterocycles. The first kappa shape index (κ1) is 25.5. The predicted octanol–water partition coefficient (Wildman–Crippen LogP) is 3.04. The second-order valence-electron chi connectivity index (χ2n) is 7.55. The van der Waals surface area contributed by atoms with E-state index in [1.165, 1.54) is 11.0 Å². The molecule has 0 unspecified atom stereocenters. The molecule has 9 nitrogen and oxygen atoms in total. The Morgan fingerprint density at radius 1 is 1.03 bits per heavy atom. The molecule has 0 saturated carbocycles. The van der Waals surface area contributed by atoms with E-state index in [0.29, 0.717) is 18.5 Å².